The summed E-state index contributed by atoms with van der Waals surface area (Å²) in [5.41, 5.74) is 8.32. The Kier molecular flexibility index (Phi) is 4.63. The molecule has 1 unspecified atom stereocenters. The van der Waals surface area contributed by atoms with Crippen LogP contribution in [0.5, 0.6) is 0 Å². The molecule has 0 radical (unpaired) electrons. The predicted molar refractivity (Wildman–Crippen MR) is 83.3 cm³/mol. The van der Waals surface area contributed by atoms with Crippen molar-refractivity contribution in [3.63, 3.8) is 0 Å². The second kappa shape index (κ2) is 6.25. The lowest BCUT2D eigenvalue weighted by Crippen LogP contribution is -2.20. The molecule has 4 heteroatoms. The van der Waals surface area contributed by atoms with E-state index in [4.69, 9.17) is 17.3 Å². The van der Waals surface area contributed by atoms with Gasteiger partial charge in [-0.2, -0.15) is 0 Å². The number of hydrogen-bond donors (Lipinski definition) is 1. The molecule has 2 N–H and O–H groups in total. The Hall–Kier alpha value is -1.58. The van der Waals surface area contributed by atoms with Crippen LogP contribution in [0, 0.1) is 5.82 Å². The summed E-state index contributed by atoms with van der Waals surface area (Å²) < 4.78 is 13.9. The van der Waals surface area contributed by atoms with Crippen molar-refractivity contribution in [3.05, 3.63) is 58.9 Å². The van der Waals surface area contributed by atoms with E-state index in [1.165, 1.54) is 6.07 Å². The summed E-state index contributed by atoms with van der Waals surface area (Å²) in [6, 6.07) is 12.3. The highest BCUT2D eigenvalue weighted by Crippen LogP contribution is 2.31. The average Bonchev–Trinajstić information content (AvgIpc) is 2.40. The minimum atomic E-state index is -0.262. The van der Waals surface area contributed by atoms with Gasteiger partial charge in [0, 0.05) is 23.8 Å². The topological polar surface area (TPSA) is 29.3 Å². The number of anilines is 2. The second-order valence-corrected chi connectivity index (χ2v) is 5.40. The molecule has 0 heterocycles. The standard InChI is InChI=1S/C16H18ClFN2/c1-11(19)9-12-7-8-13(17)10-16(12)20(2)15-6-4-3-5-14(15)18/h3-8,10-11H,9,19H2,1-2H3. The van der Waals surface area contributed by atoms with E-state index in [1.54, 1.807) is 17.0 Å². The first-order valence-electron chi connectivity index (χ1n) is 6.51. The van der Waals surface area contributed by atoms with Crippen molar-refractivity contribution in [1.29, 1.82) is 0 Å². The van der Waals surface area contributed by atoms with Gasteiger partial charge in [0.15, 0.2) is 0 Å². The fraction of sp³-hybridized carbons (Fsp3) is 0.250. The maximum absolute atomic E-state index is 13.9. The first kappa shape index (κ1) is 14.8. The van der Waals surface area contributed by atoms with Crippen LogP contribution in [-0.2, 0) is 6.42 Å². The molecule has 20 heavy (non-hydrogen) atoms. The second-order valence-electron chi connectivity index (χ2n) is 4.96. The molecule has 2 aromatic rings. The summed E-state index contributed by atoms with van der Waals surface area (Å²) in [6.07, 6.45) is 0.714. The maximum atomic E-state index is 13.9. The van der Waals surface area contributed by atoms with E-state index in [1.807, 2.05) is 38.2 Å². The summed E-state index contributed by atoms with van der Waals surface area (Å²) in [5, 5.41) is 0.622. The number of hydrogen-bond acceptors (Lipinski definition) is 2. The third-order valence-corrected chi connectivity index (χ3v) is 3.40. The Morgan fingerprint density at radius 2 is 1.90 bits per heavy atom. The molecular formula is C16H18ClFN2. The van der Waals surface area contributed by atoms with E-state index in [2.05, 4.69) is 0 Å². The first-order chi connectivity index (χ1) is 9.49. The monoisotopic (exact) mass is 292 g/mol. The van der Waals surface area contributed by atoms with Crippen LogP contribution in [-0.4, -0.2) is 13.1 Å². The van der Waals surface area contributed by atoms with Crippen LogP contribution in [0.15, 0.2) is 42.5 Å². The van der Waals surface area contributed by atoms with Crippen molar-refractivity contribution < 1.29 is 4.39 Å². The summed E-state index contributed by atoms with van der Waals surface area (Å²) in [7, 11) is 1.83. The van der Waals surface area contributed by atoms with E-state index in [0.717, 1.165) is 11.3 Å². The number of nitrogens with zero attached hydrogens (tertiary/aromatic N) is 1. The molecule has 0 bridgehead atoms. The Morgan fingerprint density at radius 1 is 1.20 bits per heavy atom. The van der Waals surface area contributed by atoms with E-state index < -0.39 is 0 Å². The molecule has 2 aromatic carbocycles. The summed E-state index contributed by atoms with van der Waals surface area (Å²) in [4.78, 5) is 1.80. The van der Waals surface area contributed by atoms with Crippen molar-refractivity contribution in [3.8, 4) is 0 Å². The van der Waals surface area contributed by atoms with Crippen LogP contribution in [0.25, 0.3) is 0 Å². The van der Waals surface area contributed by atoms with Crippen molar-refractivity contribution in [2.24, 2.45) is 5.73 Å². The number of benzene rings is 2. The predicted octanol–water partition coefficient (Wildman–Crippen LogP) is 4.14. The van der Waals surface area contributed by atoms with E-state index in [9.17, 15) is 4.39 Å². The normalized spacial score (nSPS) is 12.2. The van der Waals surface area contributed by atoms with E-state index >= 15 is 0 Å². The lowest BCUT2D eigenvalue weighted by atomic mass is 10.0. The summed E-state index contributed by atoms with van der Waals surface area (Å²) in [5.74, 6) is -0.262. The largest absolute Gasteiger partial charge is 0.342 e. The van der Waals surface area contributed by atoms with Gasteiger partial charge in [0.25, 0.3) is 0 Å². The van der Waals surface area contributed by atoms with Gasteiger partial charge in [-0.1, -0.05) is 29.8 Å². The first-order valence-corrected chi connectivity index (χ1v) is 6.89. The van der Waals surface area contributed by atoms with Crippen LogP contribution in [0.3, 0.4) is 0 Å². The molecule has 0 fully saturated rings. The lowest BCUT2D eigenvalue weighted by Gasteiger charge is -2.24. The van der Waals surface area contributed by atoms with Gasteiger partial charge in [0.2, 0.25) is 0 Å². The minimum absolute atomic E-state index is 0.0314. The fourth-order valence-corrected chi connectivity index (χ4v) is 2.39. The van der Waals surface area contributed by atoms with Crippen molar-refractivity contribution in [2.45, 2.75) is 19.4 Å². The van der Waals surface area contributed by atoms with Crippen LogP contribution in [0.1, 0.15) is 12.5 Å². The molecule has 0 amide bonds. The maximum Gasteiger partial charge on any atom is 0.146 e. The molecule has 1 atom stereocenters. The lowest BCUT2D eigenvalue weighted by molar-refractivity contribution is 0.627. The van der Waals surface area contributed by atoms with E-state index in [-0.39, 0.29) is 11.9 Å². The number of para-hydroxylation sites is 1. The molecule has 0 saturated carbocycles. The minimum Gasteiger partial charge on any atom is -0.342 e. The molecule has 0 spiro atoms. The Morgan fingerprint density at radius 3 is 2.55 bits per heavy atom. The zero-order chi connectivity index (χ0) is 14.7. The number of halogens is 2. The van der Waals surface area contributed by atoms with Gasteiger partial charge in [-0.05, 0) is 43.2 Å². The van der Waals surface area contributed by atoms with Gasteiger partial charge in [0.1, 0.15) is 5.82 Å². The highest BCUT2D eigenvalue weighted by molar-refractivity contribution is 6.30. The summed E-state index contributed by atoms with van der Waals surface area (Å²) >= 11 is 6.07. The molecule has 2 nitrogen and oxygen atoms in total. The third kappa shape index (κ3) is 3.30. The van der Waals surface area contributed by atoms with Crippen LogP contribution in [0.2, 0.25) is 5.02 Å². The van der Waals surface area contributed by atoms with Crippen molar-refractivity contribution >= 4 is 23.0 Å². The van der Waals surface area contributed by atoms with Crippen molar-refractivity contribution in [1.82, 2.24) is 0 Å². The highest BCUT2D eigenvalue weighted by Gasteiger charge is 2.14. The zero-order valence-electron chi connectivity index (χ0n) is 11.6. The Bertz CT molecular complexity index is 599. The van der Waals surface area contributed by atoms with Gasteiger partial charge in [-0.25, -0.2) is 4.39 Å². The number of nitrogens with two attached hydrogens (primary N) is 1. The Balaban J connectivity index is 2.45. The molecule has 106 valence electrons. The van der Waals surface area contributed by atoms with Crippen molar-refractivity contribution in [2.75, 3.05) is 11.9 Å². The molecular weight excluding hydrogens is 275 g/mol. The molecule has 0 aliphatic carbocycles. The van der Waals surface area contributed by atoms with Crippen LogP contribution in [0.4, 0.5) is 15.8 Å². The van der Waals surface area contributed by atoms with Gasteiger partial charge in [-0.15, -0.1) is 0 Å². The third-order valence-electron chi connectivity index (χ3n) is 3.16. The highest BCUT2D eigenvalue weighted by atomic mass is 35.5. The Labute approximate surface area is 124 Å². The molecule has 0 saturated heterocycles. The molecule has 0 aromatic heterocycles. The summed E-state index contributed by atoms with van der Waals surface area (Å²) in [6.45, 7) is 1.95. The quantitative estimate of drug-likeness (QED) is 0.918. The average molecular weight is 293 g/mol. The SMILES string of the molecule is CC(N)Cc1ccc(Cl)cc1N(C)c1ccccc1F. The smallest absolute Gasteiger partial charge is 0.146 e. The zero-order valence-corrected chi connectivity index (χ0v) is 12.4. The van der Waals surface area contributed by atoms with Gasteiger partial charge in [0.05, 0.1) is 5.69 Å². The van der Waals surface area contributed by atoms with Crippen LogP contribution < -0.4 is 10.6 Å². The molecule has 2 rings (SSSR count). The van der Waals surface area contributed by atoms with Gasteiger partial charge < -0.3 is 10.6 Å². The fourth-order valence-electron chi connectivity index (χ4n) is 2.22. The number of rotatable bonds is 4. The van der Waals surface area contributed by atoms with Crippen LogP contribution >= 0.6 is 11.6 Å². The molecule has 0 aliphatic heterocycles. The van der Waals surface area contributed by atoms with Gasteiger partial charge in [-0.3, -0.25) is 0 Å². The van der Waals surface area contributed by atoms with E-state index in [0.29, 0.717) is 17.1 Å². The van der Waals surface area contributed by atoms with Gasteiger partial charge >= 0.3 is 0 Å². The molecule has 0 aliphatic rings.